The van der Waals surface area contributed by atoms with Crippen molar-refractivity contribution in [2.75, 3.05) is 0 Å². The molecular formula is C10H8ClIS. The van der Waals surface area contributed by atoms with Gasteiger partial charge in [0, 0.05) is 19.0 Å². The molecule has 13 heavy (non-hydrogen) atoms. The molecule has 0 atom stereocenters. The van der Waals surface area contributed by atoms with E-state index in [0.717, 1.165) is 0 Å². The van der Waals surface area contributed by atoms with Gasteiger partial charge in [-0.25, -0.2) is 0 Å². The highest BCUT2D eigenvalue weighted by atomic mass is 127. The zero-order valence-corrected chi connectivity index (χ0v) is 10.8. The third-order valence-corrected chi connectivity index (χ3v) is 4.14. The standard InChI is InChI=1S/C10H8ClIS/c1-6-9(5-11)8-3-2-7(12)4-10(8)13-6/h2-4H,5H2,1H3. The Morgan fingerprint density at radius 2 is 2.23 bits per heavy atom. The van der Waals surface area contributed by atoms with E-state index in [2.05, 4.69) is 47.7 Å². The fraction of sp³-hybridized carbons (Fsp3) is 0.200. The van der Waals surface area contributed by atoms with Crippen molar-refractivity contribution >= 4 is 55.6 Å². The number of hydrogen-bond acceptors (Lipinski definition) is 1. The van der Waals surface area contributed by atoms with E-state index in [1.807, 2.05) is 11.3 Å². The summed E-state index contributed by atoms with van der Waals surface area (Å²) in [5.74, 6) is 0.617. The van der Waals surface area contributed by atoms with Gasteiger partial charge >= 0.3 is 0 Å². The molecule has 2 rings (SSSR count). The molecule has 0 bridgehead atoms. The first-order valence-corrected chi connectivity index (χ1v) is 6.39. The van der Waals surface area contributed by atoms with E-state index < -0.39 is 0 Å². The highest BCUT2D eigenvalue weighted by Gasteiger charge is 2.07. The van der Waals surface area contributed by atoms with Gasteiger partial charge in [-0.05, 0) is 52.6 Å². The molecule has 1 aromatic heterocycles. The molecule has 0 aliphatic heterocycles. The molecule has 0 N–H and O–H groups in total. The van der Waals surface area contributed by atoms with Crippen LogP contribution in [0.2, 0.25) is 0 Å². The van der Waals surface area contributed by atoms with Crippen molar-refractivity contribution in [1.29, 1.82) is 0 Å². The van der Waals surface area contributed by atoms with E-state index in [9.17, 15) is 0 Å². The van der Waals surface area contributed by atoms with Gasteiger partial charge in [-0.1, -0.05) is 6.07 Å². The average Bonchev–Trinajstić information content (AvgIpc) is 2.39. The lowest BCUT2D eigenvalue weighted by molar-refractivity contribution is 1.41. The Morgan fingerprint density at radius 3 is 2.92 bits per heavy atom. The van der Waals surface area contributed by atoms with Gasteiger partial charge in [-0.3, -0.25) is 0 Å². The van der Waals surface area contributed by atoms with Gasteiger partial charge in [-0.2, -0.15) is 0 Å². The predicted molar refractivity (Wildman–Crippen MR) is 68.8 cm³/mol. The highest BCUT2D eigenvalue weighted by molar-refractivity contribution is 14.1. The summed E-state index contributed by atoms with van der Waals surface area (Å²) in [6.45, 7) is 2.13. The first-order valence-electron chi connectivity index (χ1n) is 3.96. The van der Waals surface area contributed by atoms with Crippen molar-refractivity contribution in [3.05, 3.63) is 32.2 Å². The summed E-state index contributed by atoms with van der Waals surface area (Å²) < 4.78 is 2.63. The molecule has 1 aromatic carbocycles. The number of aryl methyl sites for hydroxylation is 1. The summed E-state index contributed by atoms with van der Waals surface area (Å²) in [5.41, 5.74) is 1.29. The minimum atomic E-state index is 0.617. The van der Waals surface area contributed by atoms with Crippen LogP contribution in [0.15, 0.2) is 18.2 Å². The van der Waals surface area contributed by atoms with Crippen molar-refractivity contribution in [1.82, 2.24) is 0 Å². The Labute approximate surface area is 100 Å². The first kappa shape index (κ1) is 9.74. The fourth-order valence-electron chi connectivity index (χ4n) is 1.41. The third-order valence-electron chi connectivity index (χ3n) is 2.09. The number of hydrogen-bond donors (Lipinski definition) is 0. The molecule has 2 aromatic rings. The maximum atomic E-state index is 5.90. The second kappa shape index (κ2) is 3.75. The molecule has 0 aliphatic rings. The van der Waals surface area contributed by atoms with E-state index in [1.165, 1.54) is 24.1 Å². The zero-order chi connectivity index (χ0) is 9.42. The lowest BCUT2D eigenvalue weighted by Gasteiger charge is -1.94. The summed E-state index contributed by atoms with van der Waals surface area (Å²) in [6, 6.07) is 6.51. The molecule has 0 saturated carbocycles. The number of thiophene rings is 1. The summed E-state index contributed by atoms with van der Waals surface area (Å²) in [4.78, 5) is 1.34. The normalized spacial score (nSPS) is 11.0. The van der Waals surface area contributed by atoms with Crippen LogP contribution in [0.5, 0.6) is 0 Å². The number of halogens is 2. The molecule has 0 radical (unpaired) electrons. The summed E-state index contributed by atoms with van der Waals surface area (Å²) in [5, 5.41) is 1.32. The second-order valence-electron chi connectivity index (χ2n) is 2.91. The highest BCUT2D eigenvalue weighted by Crippen LogP contribution is 2.32. The Bertz CT molecular complexity index is 447. The van der Waals surface area contributed by atoms with Crippen LogP contribution in [0.25, 0.3) is 10.1 Å². The Hall–Kier alpha value is 0.200. The second-order valence-corrected chi connectivity index (χ2v) is 5.68. The van der Waals surface area contributed by atoms with Crippen LogP contribution in [0.4, 0.5) is 0 Å². The van der Waals surface area contributed by atoms with E-state index in [4.69, 9.17) is 11.6 Å². The van der Waals surface area contributed by atoms with E-state index in [-0.39, 0.29) is 0 Å². The van der Waals surface area contributed by atoms with Gasteiger partial charge < -0.3 is 0 Å². The van der Waals surface area contributed by atoms with Crippen LogP contribution >= 0.6 is 45.5 Å². The van der Waals surface area contributed by atoms with E-state index in [0.29, 0.717) is 5.88 Å². The monoisotopic (exact) mass is 322 g/mol. The Kier molecular flexibility index (Phi) is 2.81. The first-order chi connectivity index (χ1) is 6.22. The smallest absolute Gasteiger partial charge is 0.0491 e. The third kappa shape index (κ3) is 1.72. The lowest BCUT2D eigenvalue weighted by atomic mass is 10.1. The van der Waals surface area contributed by atoms with Gasteiger partial charge in [0.15, 0.2) is 0 Å². The molecule has 0 nitrogen and oxygen atoms in total. The molecular weight excluding hydrogens is 315 g/mol. The van der Waals surface area contributed by atoms with Crippen molar-refractivity contribution in [2.24, 2.45) is 0 Å². The fourth-order valence-corrected chi connectivity index (χ4v) is 3.66. The Balaban J connectivity index is 2.79. The number of rotatable bonds is 1. The average molecular weight is 323 g/mol. The van der Waals surface area contributed by atoms with Gasteiger partial charge in [0.05, 0.1) is 0 Å². The maximum Gasteiger partial charge on any atom is 0.0491 e. The Morgan fingerprint density at radius 1 is 1.46 bits per heavy atom. The van der Waals surface area contributed by atoms with Crippen LogP contribution in [0.1, 0.15) is 10.4 Å². The minimum absolute atomic E-state index is 0.617. The number of fused-ring (bicyclic) bond motifs is 1. The molecule has 0 amide bonds. The van der Waals surface area contributed by atoms with E-state index >= 15 is 0 Å². The van der Waals surface area contributed by atoms with Gasteiger partial charge in [0.1, 0.15) is 0 Å². The minimum Gasteiger partial charge on any atom is -0.140 e. The van der Waals surface area contributed by atoms with Crippen LogP contribution in [0.3, 0.4) is 0 Å². The number of alkyl halides is 1. The molecule has 68 valence electrons. The topological polar surface area (TPSA) is 0 Å². The molecule has 3 heteroatoms. The van der Waals surface area contributed by atoms with Crippen LogP contribution in [-0.2, 0) is 5.88 Å². The lowest BCUT2D eigenvalue weighted by Crippen LogP contribution is -1.77. The van der Waals surface area contributed by atoms with Crippen molar-refractivity contribution in [3.8, 4) is 0 Å². The summed E-state index contributed by atoms with van der Waals surface area (Å²) >= 11 is 10.1. The van der Waals surface area contributed by atoms with Crippen molar-refractivity contribution < 1.29 is 0 Å². The molecule has 0 fully saturated rings. The van der Waals surface area contributed by atoms with Gasteiger partial charge in [0.25, 0.3) is 0 Å². The molecule has 1 heterocycles. The van der Waals surface area contributed by atoms with Crippen molar-refractivity contribution in [3.63, 3.8) is 0 Å². The van der Waals surface area contributed by atoms with Gasteiger partial charge in [-0.15, -0.1) is 22.9 Å². The molecule has 0 unspecified atom stereocenters. The molecule has 0 saturated heterocycles. The largest absolute Gasteiger partial charge is 0.140 e. The number of benzene rings is 1. The quantitative estimate of drug-likeness (QED) is 0.533. The predicted octanol–water partition coefficient (Wildman–Crippen LogP) is 4.55. The van der Waals surface area contributed by atoms with Crippen molar-refractivity contribution in [2.45, 2.75) is 12.8 Å². The summed E-state index contributed by atoms with van der Waals surface area (Å²) in [6.07, 6.45) is 0. The van der Waals surface area contributed by atoms with Crippen LogP contribution < -0.4 is 0 Å². The molecule has 0 spiro atoms. The van der Waals surface area contributed by atoms with Gasteiger partial charge in [0.2, 0.25) is 0 Å². The van der Waals surface area contributed by atoms with Crippen LogP contribution in [-0.4, -0.2) is 0 Å². The van der Waals surface area contributed by atoms with E-state index in [1.54, 1.807) is 0 Å². The zero-order valence-electron chi connectivity index (χ0n) is 7.10. The SMILES string of the molecule is Cc1sc2cc(I)ccc2c1CCl. The summed E-state index contributed by atoms with van der Waals surface area (Å²) in [7, 11) is 0. The maximum absolute atomic E-state index is 5.90. The van der Waals surface area contributed by atoms with Crippen LogP contribution in [0, 0.1) is 10.5 Å². The molecule has 0 aliphatic carbocycles.